The van der Waals surface area contributed by atoms with Crippen molar-refractivity contribution in [3.8, 4) is 11.5 Å². The van der Waals surface area contributed by atoms with Crippen molar-refractivity contribution >= 4 is 0 Å². The second-order valence-corrected chi connectivity index (χ2v) is 4.59. The summed E-state index contributed by atoms with van der Waals surface area (Å²) in [5.41, 5.74) is 1.33. The highest BCUT2D eigenvalue weighted by atomic mass is 16.5. The fourth-order valence-corrected chi connectivity index (χ4v) is 2.37. The standard InChI is InChI=1S/C14H21NO2/c1-16-13-6-5-11(9-14(13)17-2)3-4-12-7-8-15-10-12/h5-6,9,12,15H,3-4,7-8,10H2,1-2H3. The molecule has 1 saturated heterocycles. The van der Waals surface area contributed by atoms with E-state index in [1.165, 1.54) is 31.5 Å². The number of methoxy groups -OCH3 is 2. The molecule has 1 N–H and O–H groups in total. The molecule has 0 saturated carbocycles. The molecule has 0 spiro atoms. The molecule has 3 heteroatoms. The minimum atomic E-state index is 0.804. The third kappa shape index (κ3) is 3.13. The van der Waals surface area contributed by atoms with E-state index in [-0.39, 0.29) is 0 Å². The van der Waals surface area contributed by atoms with Crippen LogP contribution in [0.25, 0.3) is 0 Å². The van der Waals surface area contributed by atoms with Gasteiger partial charge in [-0.3, -0.25) is 0 Å². The zero-order chi connectivity index (χ0) is 12.1. The van der Waals surface area contributed by atoms with Crippen molar-refractivity contribution < 1.29 is 9.47 Å². The van der Waals surface area contributed by atoms with E-state index < -0.39 is 0 Å². The fourth-order valence-electron chi connectivity index (χ4n) is 2.37. The molecule has 1 unspecified atom stereocenters. The van der Waals surface area contributed by atoms with Gasteiger partial charge in [-0.2, -0.15) is 0 Å². The second-order valence-electron chi connectivity index (χ2n) is 4.59. The molecule has 3 nitrogen and oxygen atoms in total. The van der Waals surface area contributed by atoms with Crippen LogP contribution < -0.4 is 14.8 Å². The van der Waals surface area contributed by atoms with Gasteiger partial charge in [-0.05, 0) is 56.0 Å². The topological polar surface area (TPSA) is 30.5 Å². The van der Waals surface area contributed by atoms with Crippen molar-refractivity contribution in [3.05, 3.63) is 23.8 Å². The first kappa shape index (κ1) is 12.2. The van der Waals surface area contributed by atoms with Gasteiger partial charge in [0.15, 0.2) is 11.5 Å². The lowest BCUT2D eigenvalue weighted by molar-refractivity contribution is 0.354. The molecule has 0 bridgehead atoms. The third-order valence-corrected chi connectivity index (χ3v) is 3.45. The van der Waals surface area contributed by atoms with E-state index in [1.54, 1.807) is 14.2 Å². The van der Waals surface area contributed by atoms with Gasteiger partial charge >= 0.3 is 0 Å². The highest BCUT2D eigenvalue weighted by Gasteiger charge is 2.14. The first-order valence-corrected chi connectivity index (χ1v) is 6.25. The summed E-state index contributed by atoms with van der Waals surface area (Å²) < 4.78 is 10.5. The summed E-state index contributed by atoms with van der Waals surface area (Å²) in [7, 11) is 3.35. The summed E-state index contributed by atoms with van der Waals surface area (Å²) in [5, 5.41) is 3.40. The molecule has 0 aromatic heterocycles. The molecule has 1 aliphatic heterocycles. The molecule has 1 atom stereocenters. The lowest BCUT2D eigenvalue weighted by atomic mass is 9.99. The van der Waals surface area contributed by atoms with Crippen molar-refractivity contribution in [2.75, 3.05) is 27.3 Å². The Bertz CT molecular complexity index is 359. The van der Waals surface area contributed by atoms with Gasteiger partial charge in [0, 0.05) is 0 Å². The lowest BCUT2D eigenvalue weighted by Gasteiger charge is -2.11. The third-order valence-electron chi connectivity index (χ3n) is 3.45. The molecule has 0 aliphatic carbocycles. The van der Waals surface area contributed by atoms with Crippen molar-refractivity contribution in [1.29, 1.82) is 0 Å². The predicted molar refractivity (Wildman–Crippen MR) is 68.8 cm³/mol. The first-order chi connectivity index (χ1) is 8.33. The van der Waals surface area contributed by atoms with Gasteiger partial charge in [0.1, 0.15) is 0 Å². The predicted octanol–water partition coefficient (Wildman–Crippen LogP) is 2.25. The smallest absolute Gasteiger partial charge is 0.160 e. The van der Waals surface area contributed by atoms with Gasteiger partial charge in [-0.1, -0.05) is 6.07 Å². The molecule has 1 aromatic rings. The van der Waals surface area contributed by atoms with Gasteiger partial charge in [0.05, 0.1) is 14.2 Å². The van der Waals surface area contributed by atoms with Crippen LogP contribution in [0.3, 0.4) is 0 Å². The number of benzene rings is 1. The first-order valence-electron chi connectivity index (χ1n) is 6.25. The summed E-state index contributed by atoms with van der Waals surface area (Å²) in [4.78, 5) is 0. The molecular weight excluding hydrogens is 214 g/mol. The average Bonchev–Trinajstić information content (AvgIpc) is 2.89. The van der Waals surface area contributed by atoms with Gasteiger partial charge in [-0.25, -0.2) is 0 Å². The van der Waals surface area contributed by atoms with Gasteiger partial charge in [-0.15, -0.1) is 0 Å². The largest absolute Gasteiger partial charge is 0.493 e. The van der Waals surface area contributed by atoms with Gasteiger partial charge in [0.25, 0.3) is 0 Å². The summed E-state index contributed by atoms with van der Waals surface area (Å²) in [6, 6.07) is 6.20. The van der Waals surface area contributed by atoms with E-state index in [9.17, 15) is 0 Å². The minimum Gasteiger partial charge on any atom is -0.493 e. The van der Waals surface area contributed by atoms with E-state index in [2.05, 4.69) is 17.4 Å². The summed E-state index contributed by atoms with van der Waals surface area (Å²) >= 11 is 0. The average molecular weight is 235 g/mol. The molecule has 17 heavy (non-hydrogen) atoms. The Morgan fingerprint density at radius 2 is 2.06 bits per heavy atom. The number of hydrogen-bond acceptors (Lipinski definition) is 3. The van der Waals surface area contributed by atoms with E-state index in [0.717, 1.165) is 23.8 Å². The Kier molecular flexibility index (Phi) is 4.26. The molecule has 1 heterocycles. The van der Waals surface area contributed by atoms with Gasteiger partial charge in [0.2, 0.25) is 0 Å². The molecule has 94 valence electrons. The Morgan fingerprint density at radius 1 is 1.24 bits per heavy atom. The van der Waals surface area contributed by atoms with Crippen molar-refractivity contribution in [3.63, 3.8) is 0 Å². The maximum Gasteiger partial charge on any atom is 0.160 e. The quantitative estimate of drug-likeness (QED) is 0.849. The summed E-state index contributed by atoms with van der Waals surface area (Å²) in [6.07, 6.45) is 3.68. The van der Waals surface area contributed by atoms with Crippen LogP contribution in [-0.4, -0.2) is 27.3 Å². The zero-order valence-corrected chi connectivity index (χ0v) is 10.7. The highest BCUT2D eigenvalue weighted by molar-refractivity contribution is 5.42. The molecule has 2 rings (SSSR count). The van der Waals surface area contributed by atoms with Crippen LogP contribution in [0.4, 0.5) is 0 Å². The lowest BCUT2D eigenvalue weighted by Crippen LogP contribution is -2.09. The Labute approximate surface area is 103 Å². The number of aryl methyl sites for hydroxylation is 1. The zero-order valence-electron chi connectivity index (χ0n) is 10.7. The van der Waals surface area contributed by atoms with Crippen LogP contribution in [0.5, 0.6) is 11.5 Å². The van der Waals surface area contributed by atoms with Crippen LogP contribution in [-0.2, 0) is 6.42 Å². The minimum absolute atomic E-state index is 0.804. The van der Waals surface area contributed by atoms with E-state index in [1.807, 2.05) is 6.07 Å². The van der Waals surface area contributed by atoms with Crippen LogP contribution in [0.2, 0.25) is 0 Å². The van der Waals surface area contributed by atoms with Gasteiger partial charge < -0.3 is 14.8 Å². The second kappa shape index (κ2) is 5.92. The van der Waals surface area contributed by atoms with Crippen molar-refractivity contribution in [1.82, 2.24) is 5.32 Å². The number of ether oxygens (including phenoxy) is 2. The SMILES string of the molecule is COc1ccc(CCC2CCNC2)cc1OC. The van der Waals surface area contributed by atoms with Crippen LogP contribution in [0, 0.1) is 5.92 Å². The summed E-state index contributed by atoms with van der Waals surface area (Å²) in [5.74, 6) is 2.47. The molecule has 0 amide bonds. The van der Waals surface area contributed by atoms with E-state index in [4.69, 9.17) is 9.47 Å². The van der Waals surface area contributed by atoms with Crippen LogP contribution in [0.1, 0.15) is 18.4 Å². The molecule has 0 radical (unpaired) electrons. The maximum absolute atomic E-state index is 5.31. The Morgan fingerprint density at radius 3 is 2.71 bits per heavy atom. The van der Waals surface area contributed by atoms with E-state index >= 15 is 0 Å². The monoisotopic (exact) mass is 235 g/mol. The maximum atomic E-state index is 5.31. The number of rotatable bonds is 5. The Hall–Kier alpha value is -1.22. The highest BCUT2D eigenvalue weighted by Crippen LogP contribution is 2.28. The van der Waals surface area contributed by atoms with Crippen molar-refractivity contribution in [2.45, 2.75) is 19.3 Å². The van der Waals surface area contributed by atoms with Crippen molar-refractivity contribution in [2.24, 2.45) is 5.92 Å². The molecule has 1 aliphatic rings. The molecule has 1 aromatic carbocycles. The number of nitrogens with one attached hydrogen (secondary N) is 1. The van der Waals surface area contributed by atoms with Crippen LogP contribution in [0.15, 0.2) is 18.2 Å². The Balaban J connectivity index is 1.95. The normalized spacial score (nSPS) is 19.3. The molecular formula is C14H21NO2. The van der Waals surface area contributed by atoms with E-state index in [0.29, 0.717) is 0 Å². The van der Waals surface area contributed by atoms with Crippen LogP contribution >= 0.6 is 0 Å². The number of hydrogen-bond donors (Lipinski definition) is 1. The molecule has 1 fully saturated rings. The summed E-state index contributed by atoms with van der Waals surface area (Å²) in [6.45, 7) is 2.35. The fraction of sp³-hybridized carbons (Fsp3) is 0.571.